The molecule has 17 heavy (non-hydrogen) atoms. The Labute approximate surface area is 105 Å². The van der Waals surface area contributed by atoms with Crippen molar-refractivity contribution in [1.82, 2.24) is 14.9 Å². The molecule has 90 valence electrons. The second kappa shape index (κ2) is 5.23. The van der Waals surface area contributed by atoms with Crippen molar-refractivity contribution in [2.75, 3.05) is 19.3 Å². The van der Waals surface area contributed by atoms with Crippen molar-refractivity contribution in [3.05, 3.63) is 30.1 Å². The smallest absolute Gasteiger partial charge is 0.232 e. The molecule has 0 saturated carbocycles. The molecule has 1 amide bonds. The molecule has 0 atom stereocenters. The third kappa shape index (κ3) is 2.79. The van der Waals surface area contributed by atoms with Gasteiger partial charge >= 0.3 is 0 Å². The molecule has 2 rings (SSSR count). The van der Waals surface area contributed by atoms with Crippen LogP contribution in [0.2, 0.25) is 0 Å². The summed E-state index contributed by atoms with van der Waals surface area (Å²) in [5, 5.41) is 0. The topological polar surface area (TPSA) is 49.0 Å². The van der Waals surface area contributed by atoms with Gasteiger partial charge < -0.3 is 9.88 Å². The Hall–Kier alpha value is -1.49. The van der Waals surface area contributed by atoms with Crippen LogP contribution in [0.3, 0.4) is 0 Å². The number of nitrogens with zero attached hydrogens (tertiary/aromatic N) is 2. The number of likely N-dealkylation sites (N-methyl/N-ethyl adjacent to an activating group) is 1. The first-order chi connectivity index (χ1) is 8.20. The number of thiol groups is 1. The van der Waals surface area contributed by atoms with Gasteiger partial charge in [-0.25, -0.2) is 4.98 Å². The molecular formula is C12H15N3OS. The predicted molar refractivity (Wildman–Crippen MR) is 71.3 cm³/mol. The molecule has 0 aliphatic carbocycles. The van der Waals surface area contributed by atoms with Gasteiger partial charge in [0.15, 0.2) is 0 Å². The van der Waals surface area contributed by atoms with Crippen LogP contribution in [0.25, 0.3) is 11.0 Å². The van der Waals surface area contributed by atoms with Crippen LogP contribution in [0, 0.1) is 0 Å². The van der Waals surface area contributed by atoms with Crippen LogP contribution in [0.4, 0.5) is 0 Å². The first kappa shape index (κ1) is 12.0. The van der Waals surface area contributed by atoms with Crippen LogP contribution < -0.4 is 0 Å². The van der Waals surface area contributed by atoms with Crippen molar-refractivity contribution in [2.45, 2.75) is 6.42 Å². The largest absolute Gasteiger partial charge is 0.345 e. The van der Waals surface area contributed by atoms with E-state index in [1.807, 2.05) is 12.1 Å². The third-order valence-corrected chi connectivity index (χ3v) is 3.05. The monoisotopic (exact) mass is 249 g/mol. The van der Waals surface area contributed by atoms with Gasteiger partial charge in [0.1, 0.15) is 0 Å². The van der Waals surface area contributed by atoms with Crippen LogP contribution in [0.5, 0.6) is 0 Å². The molecule has 0 saturated heterocycles. The Morgan fingerprint density at radius 1 is 1.53 bits per heavy atom. The highest BCUT2D eigenvalue weighted by molar-refractivity contribution is 7.81. The number of fused-ring (bicyclic) bond motifs is 1. The second-order valence-corrected chi connectivity index (χ2v) is 4.29. The van der Waals surface area contributed by atoms with E-state index in [1.165, 1.54) is 5.56 Å². The molecular weight excluding hydrogens is 234 g/mol. The van der Waals surface area contributed by atoms with Gasteiger partial charge in [-0.2, -0.15) is 12.6 Å². The number of nitrogens with one attached hydrogen (secondary N) is 1. The number of hydrogen-bond donors (Lipinski definition) is 2. The van der Waals surface area contributed by atoms with Gasteiger partial charge in [-0.1, -0.05) is 6.07 Å². The number of aromatic nitrogens is 2. The van der Waals surface area contributed by atoms with Crippen LogP contribution in [0.1, 0.15) is 5.56 Å². The normalized spacial score (nSPS) is 10.7. The summed E-state index contributed by atoms with van der Waals surface area (Å²) >= 11 is 3.97. The van der Waals surface area contributed by atoms with Gasteiger partial charge in [0.05, 0.1) is 23.1 Å². The Kier molecular flexibility index (Phi) is 3.68. The average molecular weight is 249 g/mol. The van der Waals surface area contributed by atoms with Gasteiger partial charge in [0.25, 0.3) is 0 Å². The Morgan fingerprint density at radius 2 is 2.35 bits per heavy atom. The predicted octanol–water partition coefficient (Wildman–Crippen LogP) is 1.49. The Balaban J connectivity index is 2.01. The van der Waals surface area contributed by atoms with E-state index in [2.05, 4.69) is 28.7 Å². The van der Waals surface area contributed by atoms with Gasteiger partial charge in [-0.05, 0) is 24.1 Å². The highest BCUT2D eigenvalue weighted by Gasteiger charge is 2.06. The lowest BCUT2D eigenvalue weighted by atomic mass is 10.1. The SMILES string of the molecule is CN(CCc1ccc2nc[nH]c2c1)C(=O)CS. The minimum absolute atomic E-state index is 0.0518. The lowest BCUT2D eigenvalue weighted by Crippen LogP contribution is -2.29. The number of H-pyrrole nitrogens is 1. The molecule has 0 aliphatic heterocycles. The van der Waals surface area contributed by atoms with E-state index < -0.39 is 0 Å². The fraction of sp³-hybridized carbons (Fsp3) is 0.333. The molecule has 0 fully saturated rings. The average Bonchev–Trinajstić information content (AvgIpc) is 2.82. The molecule has 5 heteroatoms. The summed E-state index contributed by atoms with van der Waals surface area (Å²) in [7, 11) is 1.80. The number of hydrogen-bond acceptors (Lipinski definition) is 3. The molecule has 0 radical (unpaired) electrons. The zero-order valence-electron chi connectivity index (χ0n) is 9.68. The number of rotatable bonds is 4. The lowest BCUT2D eigenvalue weighted by molar-refractivity contribution is -0.127. The van der Waals surface area contributed by atoms with Crippen molar-refractivity contribution in [2.24, 2.45) is 0 Å². The summed E-state index contributed by atoms with van der Waals surface area (Å²) in [5.74, 6) is 0.312. The van der Waals surface area contributed by atoms with Crippen LogP contribution in [-0.2, 0) is 11.2 Å². The zero-order valence-corrected chi connectivity index (χ0v) is 10.6. The molecule has 0 spiro atoms. The van der Waals surface area contributed by atoms with Crippen LogP contribution in [0.15, 0.2) is 24.5 Å². The van der Waals surface area contributed by atoms with Crippen molar-refractivity contribution in [3.63, 3.8) is 0 Å². The summed E-state index contributed by atoms with van der Waals surface area (Å²) in [6, 6.07) is 6.10. The summed E-state index contributed by atoms with van der Waals surface area (Å²) in [6.07, 6.45) is 2.52. The van der Waals surface area contributed by atoms with E-state index >= 15 is 0 Å². The zero-order chi connectivity index (χ0) is 12.3. The molecule has 4 nitrogen and oxygen atoms in total. The summed E-state index contributed by atoms with van der Waals surface area (Å²) in [5.41, 5.74) is 3.19. The standard InChI is InChI=1S/C12H15N3OS/c1-15(12(16)7-17)5-4-9-2-3-10-11(6-9)14-8-13-10/h2-3,6,8,17H,4-5,7H2,1H3,(H,13,14). The van der Waals surface area contributed by atoms with E-state index in [0.717, 1.165) is 17.5 Å². The molecule has 1 heterocycles. The first-order valence-corrected chi connectivity index (χ1v) is 6.11. The molecule has 0 unspecified atom stereocenters. The number of carbonyl (C=O) groups excluding carboxylic acids is 1. The molecule has 1 aromatic carbocycles. The Morgan fingerprint density at radius 3 is 3.12 bits per heavy atom. The van der Waals surface area contributed by atoms with E-state index in [9.17, 15) is 4.79 Å². The minimum Gasteiger partial charge on any atom is -0.345 e. The van der Waals surface area contributed by atoms with Gasteiger partial charge in [0.2, 0.25) is 5.91 Å². The maximum absolute atomic E-state index is 11.3. The van der Waals surface area contributed by atoms with E-state index in [4.69, 9.17) is 0 Å². The van der Waals surface area contributed by atoms with Gasteiger partial charge in [-0.3, -0.25) is 4.79 Å². The number of aromatic amines is 1. The first-order valence-electron chi connectivity index (χ1n) is 5.47. The highest BCUT2D eigenvalue weighted by Crippen LogP contribution is 2.12. The number of imidazole rings is 1. The number of amides is 1. The Bertz CT molecular complexity index is 523. The van der Waals surface area contributed by atoms with Crippen molar-refractivity contribution in [3.8, 4) is 0 Å². The lowest BCUT2D eigenvalue weighted by Gasteiger charge is -2.15. The van der Waals surface area contributed by atoms with Gasteiger partial charge in [0, 0.05) is 13.6 Å². The van der Waals surface area contributed by atoms with Crippen LogP contribution >= 0.6 is 12.6 Å². The minimum atomic E-state index is 0.0518. The van der Waals surface area contributed by atoms with E-state index in [-0.39, 0.29) is 11.7 Å². The second-order valence-electron chi connectivity index (χ2n) is 3.98. The van der Waals surface area contributed by atoms with E-state index in [1.54, 1.807) is 18.3 Å². The van der Waals surface area contributed by atoms with Crippen molar-refractivity contribution in [1.29, 1.82) is 0 Å². The maximum atomic E-state index is 11.3. The quantitative estimate of drug-likeness (QED) is 0.807. The molecule has 0 aliphatic rings. The highest BCUT2D eigenvalue weighted by atomic mass is 32.1. The molecule has 0 bridgehead atoms. The fourth-order valence-electron chi connectivity index (χ4n) is 1.68. The fourth-order valence-corrected chi connectivity index (χ4v) is 1.92. The number of benzene rings is 1. The molecule has 2 aromatic rings. The summed E-state index contributed by atoms with van der Waals surface area (Å²) in [4.78, 5) is 20.3. The van der Waals surface area contributed by atoms with Crippen molar-refractivity contribution >= 4 is 29.6 Å². The van der Waals surface area contributed by atoms with Crippen LogP contribution in [-0.4, -0.2) is 40.1 Å². The maximum Gasteiger partial charge on any atom is 0.232 e. The molecule has 1 N–H and O–H groups in total. The van der Waals surface area contributed by atoms with Gasteiger partial charge in [-0.15, -0.1) is 0 Å². The molecule has 1 aromatic heterocycles. The van der Waals surface area contributed by atoms with Crippen molar-refractivity contribution < 1.29 is 4.79 Å². The summed E-state index contributed by atoms with van der Waals surface area (Å²) in [6.45, 7) is 0.707. The summed E-state index contributed by atoms with van der Waals surface area (Å²) < 4.78 is 0. The third-order valence-electron chi connectivity index (χ3n) is 2.78. The number of carbonyl (C=O) groups is 1. The van der Waals surface area contributed by atoms with E-state index in [0.29, 0.717) is 6.54 Å².